The average Bonchev–Trinajstić information content (AvgIpc) is 3.25. The highest BCUT2D eigenvalue weighted by atomic mass is 32.2. The van der Waals surface area contributed by atoms with E-state index in [2.05, 4.69) is 10.3 Å². The van der Waals surface area contributed by atoms with E-state index >= 15 is 0 Å². The van der Waals surface area contributed by atoms with E-state index in [1.807, 2.05) is 0 Å². The number of carbonyl (C=O) groups is 1. The van der Waals surface area contributed by atoms with Gasteiger partial charge >= 0.3 is 6.03 Å². The van der Waals surface area contributed by atoms with Gasteiger partial charge in [0, 0.05) is 31.0 Å². The van der Waals surface area contributed by atoms with Crippen LogP contribution in [-0.4, -0.2) is 43.2 Å². The second kappa shape index (κ2) is 10.4. The zero-order chi connectivity index (χ0) is 23.1. The van der Waals surface area contributed by atoms with Crippen LogP contribution in [0.15, 0.2) is 66.0 Å². The highest BCUT2D eigenvalue weighted by Crippen LogP contribution is 2.22. The molecule has 0 saturated carbocycles. The van der Waals surface area contributed by atoms with Gasteiger partial charge in [0.15, 0.2) is 9.84 Å². The van der Waals surface area contributed by atoms with Crippen LogP contribution in [0.4, 0.5) is 13.6 Å². The minimum atomic E-state index is -3.23. The number of halogens is 2. The quantitative estimate of drug-likeness (QED) is 0.482. The second-order valence-corrected chi connectivity index (χ2v) is 9.18. The Morgan fingerprint density at radius 3 is 2.44 bits per heavy atom. The Kier molecular flexibility index (Phi) is 7.57. The molecule has 1 aromatic heterocycles. The van der Waals surface area contributed by atoms with Crippen molar-refractivity contribution in [2.24, 2.45) is 0 Å². The van der Waals surface area contributed by atoms with Crippen molar-refractivity contribution in [2.75, 3.05) is 12.8 Å². The van der Waals surface area contributed by atoms with Crippen molar-refractivity contribution in [3.8, 4) is 17.0 Å². The van der Waals surface area contributed by atoms with Crippen LogP contribution in [0.2, 0.25) is 0 Å². The smallest absolute Gasteiger partial charge is 0.326 e. The number of nitrogens with zero attached hydrogens (tertiary/aromatic N) is 2. The van der Waals surface area contributed by atoms with Crippen LogP contribution in [0.3, 0.4) is 0 Å². The molecule has 7 nitrogen and oxygen atoms in total. The molecular formula is C22H23F2N3O4S. The van der Waals surface area contributed by atoms with E-state index in [1.165, 1.54) is 10.9 Å². The monoisotopic (exact) mass is 463 g/mol. The van der Waals surface area contributed by atoms with Gasteiger partial charge in [-0.3, -0.25) is 4.57 Å². The van der Waals surface area contributed by atoms with Crippen molar-refractivity contribution in [3.63, 3.8) is 0 Å². The molecule has 3 rings (SSSR count). The Bertz CT molecular complexity index is 1140. The largest absolute Gasteiger partial charge is 0.489 e. The summed E-state index contributed by atoms with van der Waals surface area (Å²) < 4.78 is 54.3. The molecule has 2 aromatic carbocycles. The van der Waals surface area contributed by atoms with Gasteiger partial charge in [0.05, 0.1) is 10.6 Å². The number of ether oxygens (including phenoxy) is 1. The number of hydrogen-bond acceptors (Lipinski definition) is 5. The summed E-state index contributed by atoms with van der Waals surface area (Å²) in [5, 5.41) is 2.57. The van der Waals surface area contributed by atoms with Gasteiger partial charge in [0.25, 0.3) is 0 Å². The fourth-order valence-electron chi connectivity index (χ4n) is 2.85. The Labute approximate surface area is 185 Å². The van der Waals surface area contributed by atoms with Crippen LogP contribution in [-0.2, 0) is 16.4 Å². The molecule has 0 aliphatic heterocycles. The molecule has 0 saturated heterocycles. The molecule has 0 spiro atoms. The van der Waals surface area contributed by atoms with Gasteiger partial charge < -0.3 is 10.1 Å². The third-order valence-corrected chi connectivity index (χ3v) is 5.73. The Morgan fingerprint density at radius 2 is 1.81 bits per heavy atom. The number of nitrogens with one attached hydrogen (secondary N) is 1. The predicted octanol–water partition coefficient (Wildman–Crippen LogP) is 4.14. The maximum Gasteiger partial charge on any atom is 0.326 e. The van der Waals surface area contributed by atoms with Crippen LogP contribution >= 0.6 is 0 Å². The molecule has 0 atom stereocenters. The first-order chi connectivity index (χ1) is 15.2. The van der Waals surface area contributed by atoms with Gasteiger partial charge in [0.1, 0.15) is 18.7 Å². The van der Waals surface area contributed by atoms with Crippen LogP contribution in [0.5, 0.6) is 5.75 Å². The highest BCUT2D eigenvalue weighted by Gasteiger charge is 2.09. The number of aromatic nitrogens is 2. The summed E-state index contributed by atoms with van der Waals surface area (Å²) >= 11 is 0. The van der Waals surface area contributed by atoms with E-state index in [4.69, 9.17) is 4.74 Å². The van der Waals surface area contributed by atoms with Crippen molar-refractivity contribution in [1.82, 2.24) is 14.9 Å². The zero-order valence-electron chi connectivity index (χ0n) is 17.4. The summed E-state index contributed by atoms with van der Waals surface area (Å²) in [6.45, 7) is 0.448. The van der Waals surface area contributed by atoms with Gasteiger partial charge in [-0.05, 0) is 48.4 Å². The molecule has 170 valence electrons. The van der Waals surface area contributed by atoms with Gasteiger partial charge in [-0.15, -0.1) is 0 Å². The van der Waals surface area contributed by atoms with Crippen molar-refractivity contribution in [3.05, 3.63) is 66.6 Å². The lowest BCUT2D eigenvalue weighted by molar-refractivity contribution is 0.135. The lowest BCUT2D eigenvalue weighted by Gasteiger charge is -2.07. The van der Waals surface area contributed by atoms with Gasteiger partial charge in [-0.25, -0.2) is 27.0 Å². The molecule has 32 heavy (non-hydrogen) atoms. The van der Waals surface area contributed by atoms with E-state index in [0.29, 0.717) is 11.4 Å². The van der Waals surface area contributed by atoms with Crippen LogP contribution < -0.4 is 10.1 Å². The number of alkyl halides is 2. The fourth-order valence-corrected chi connectivity index (χ4v) is 3.48. The lowest BCUT2D eigenvalue weighted by atomic mass is 10.1. The maximum atomic E-state index is 12.1. The topological polar surface area (TPSA) is 90.3 Å². The molecule has 10 heteroatoms. The van der Waals surface area contributed by atoms with Crippen molar-refractivity contribution in [1.29, 1.82) is 0 Å². The summed E-state index contributed by atoms with van der Waals surface area (Å²) in [7, 11) is -3.23. The molecule has 3 aromatic rings. The highest BCUT2D eigenvalue weighted by molar-refractivity contribution is 7.90. The van der Waals surface area contributed by atoms with E-state index in [9.17, 15) is 22.0 Å². The molecule has 0 radical (unpaired) electrons. The number of carbonyl (C=O) groups excluding carboxylic acids is 1. The normalized spacial score (nSPS) is 11.5. The molecule has 0 aliphatic rings. The van der Waals surface area contributed by atoms with Crippen molar-refractivity contribution >= 4 is 15.9 Å². The van der Waals surface area contributed by atoms with Gasteiger partial charge in [-0.2, -0.15) is 0 Å². The second-order valence-electron chi connectivity index (χ2n) is 7.16. The fraction of sp³-hybridized carbons (Fsp3) is 0.273. The number of amides is 1. The standard InChI is InChI=1S/C22H23F2N3O4S/c1-32(29,30)19-10-4-16(5-11-19)14-31-18-8-6-17(7-9-18)20-13-27(15-26-20)22(28)25-12-2-3-21(23)24/h4-11,13,15,21H,2-3,12,14H2,1H3,(H,25,28). The van der Waals surface area contributed by atoms with E-state index in [-0.39, 0.29) is 30.9 Å². The molecule has 1 N–H and O–H groups in total. The first kappa shape index (κ1) is 23.4. The molecule has 0 fully saturated rings. The minimum absolute atomic E-state index is 0.166. The SMILES string of the molecule is CS(=O)(=O)c1ccc(COc2ccc(-c3cn(C(=O)NCCCC(F)F)cn3)cc2)cc1. The number of sulfone groups is 1. The molecule has 0 bridgehead atoms. The first-order valence-corrected chi connectivity index (χ1v) is 11.7. The number of hydrogen-bond donors (Lipinski definition) is 1. The van der Waals surface area contributed by atoms with Crippen LogP contribution in [0.25, 0.3) is 11.3 Å². The molecule has 0 aliphatic carbocycles. The zero-order valence-corrected chi connectivity index (χ0v) is 18.2. The molecule has 0 unspecified atom stereocenters. The van der Waals surface area contributed by atoms with Crippen LogP contribution in [0.1, 0.15) is 18.4 Å². The van der Waals surface area contributed by atoms with Gasteiger partial charge in [-0.1, -0.05) is 12.1 Å². The number of benzene rings is 2. The summed E-state index contributed by atoms with van der Waals surface area (Å²) in [5.74, 6) is 0.622. The summed E-state index contributed by atoms with van der Waals surface area (Å²) in [5.41, 5.74) is 2.19. The van der Waals surface area contributed by atoms with E-state index < -0.39 is 22.3 Å². The Morgan fingerprint density at radius 1 is 1.12 bits per heavy atom. The lowest BCUT2D eigenvalue weighted by Crippen LogP contribution is -2.28. The molecule has 1 amide bonds. The summed E-state index contributed by atoms with van der Waals surface area (Å²) in [6.07, 6.45) is 1.65. The third-order valence-electron chi connectivity index (χ3n) is 4.60. The number of imidazole rings is 1. The van der Waals surface area contributed by atoms with Crippen molar-refractivity contribution in [2.45, 2.75) is 30.8 Å². The van der Waals surface area contributed by atoms with E-state index in [0.717, 1.165) is 17.4 Å². The predicted molar refractivity (Wildman–Crippen MR) is 116 cm³/mol. The van der Waals surface area contributed by atoms with Crippen LogP contribution in [0, 0.1) is 0 Å². The average molecular weight is 464 g/mol. The Hall–Kier alpha value is -3.27. The van der Waals surface area contributed by atoms with Gasteiger partial charge in [0.2, 0.25) is 6.43 Å². The minimum Gasteiger partial charge on any atom is -0.489 e. The first-order valence-electron chi connectivity index (χ1n) is 9.85. The third kappa shape index (κ3) is 6.61. The Balaban J connectivity index is 1.54. The molecule has 1 heterocycles. The van der Waals surface area contributed by atoms with Crippen molar-refractivity contribution < 1.29 is 26.7 Å². The number of rotatable bonds is 9. The van der Waals surface area contributed by atoms with E-state index in [1.54, 1.807) is 54.7 Å². The summed E-state index contributed by atoms with van der Waals surface area (Å²) in [4.78, 5) is 16.5. The maximum absolute atomic E-state index is 12.1. The molecular weight excluding hydrogens is 440 g/mol. The summed E-state index contributed by atoms with van der Waals surface area (Å²) in [6, 6.07) is 13.2.